The largest absolute Gasteiger partial charge is 0.441 e. The number of alkyl halides is 3. The minimum Gasteiger partial charge on any atom is -0.346 e. The molecule has 0 radical (unpaired) electrons. The van der Waals surface area contributed by atoms with Crippen LogP contribution in [0.2, 0.25) is 0 Å². The van der Waals surface area contributed by atoms with Crippen molar-refractivity contribution in [3.05, 3.63) is 36.0 Å². The molecule has 0 fully saturated rings. The van der Waals surface area contributed by atoms with E-state index in [1.807, 2.05) is 42.0 Å². The van der Waals surface area contributed by atoms with Gasteiger partial charge in [0.2, 0.25) is 0 Å². The molecule has 0 spiro atoms. The van der Waals surface area contributed by atoms with Gasteiger partial charge in [-0.1, -0.05) is 25.1 Å². The number of benzene rings is 1. The lowest BCUT2D eigenvalue weighted by Crippen LogP contribution is -2.13. The van der Waals surface area contributed by atoms with Gasteiger partial charge >= 0.3 is 5.51 Å². The second-order valence-electron chi connectivity index (χ2n) is 4.44. The van der Waals surface area contributed by atoms with Crippen molar-refractivity contribution < 1.29 is 13.2 Å². The Morgan fingerprint density at radius 3 is 2.75 bits per heavy atom. The highest BCUT2D eigenvalue weighted by Crippen LogP contribution is 2.30. The van der Waals surface area contributed by atoms with Gasteiger partial charge in [-0.2, -0.15) is 13.2 Å². The molecule has 2 nitrogen and oxygen atoms in total. The number of halogens is 3. The highest BCUT2D eigenvalue weighted by molar-refractivity contribution is 8.00. The van der Waals surface area contributed by atoms with Gasteiger partial charge in [0, 0.05) is 25.0 Å². The minimum absolute atomic E-state index is 0.0276. The molecule has 0 saturated carbocycles. The lowest BCUT2D eigenvalue weighted by molar-refractivity contribution is -0.0328. The number of hydrogen-bond acceptors (Lipinski definition) is 2. The van der Waals surface area contributed by atoms with Crippen LogP contribution in [0.15, 0.2) is 30.5 Å². The van der Waals surface area contributed by atoms with E-state index in [-0.39, 0.29) is 17.5 Å². The molecule has 20 heavy (non-hydrogen) atoms. The Morgan fingerprint density at radius 2 is 2.05 bits per heavy atom. The highest BCUT2D eigenvalue weighted by Gasteiger charge is 2.27. The third kappa shape index (κ3) is 3.93. The van der Waals surface area contributed by atoms with E-state index in [0.29, 0.717) is 6.54 Å². The molecule has 2 rings (SSSR count). The average molecular weight is 302 g/mol. The lowest BCUT2D eigenvalue weighted by atomic mass is 10.1. The molecule has 0 aliphatic rings. The van der Waals surface area contributed by atoms with Crippen LogP contribution in [-0.4, -0.2) is 22.4 Å². The number of fused-ring (bicyclic) bond motifs is 1. The number of hydrogen-bond donors (Lipinski definition) is 1. The molecule has 6 heteroatoms. The van der Waals surface area contributed by atoms with Gasteiger partial charge in [-0.15, -0.1) is 0 Å². The third-order valence-corrected chi connectivity index (χ3v) is 3.75. The fraction of sp³-hybridized carbons (Fsp3) is 0.429. The second kappa shape index (κ2) is 6.54. The predicted molar refractivity (Wildman–Crippen MR) is 77.8 cm³/mol. The molecule has 110 valence electrons. The van der Waals surface area contributed by atoms with E-state index in [9.17, 15) is 13.2 Å². The molecule has 1 aromatic heterocycles. The van der Waals surface area contributed by atoms with Gasteiger partial charge in [0.25, 0.3) is 0 Å². The van der Waals surface area contributed by atoms with Crippen LogP contribution in [-0.2, 0) is 13.1 Å². The van der Waals surface area contributed by atoms with Gasteiger partial charge in [0.1, 0.15) is 0 Å². The van der Waals surface area contributed by atoms with Crippen molar-refractivity contribution in [2.75, 3.05) is 12.3 Å². The van der Waals surface area contributed by atoms with Gasteiger partial charge in [-0.05, 0) is 35.3 Å². The molecular formula is C14H17F3N2S. The molecule has 0 aliphatic heterocycles. The molecule has 0 saturated heterocycles. The van der Waals surface area contributed by atoms with Crippen molar-refractivity contribution in [3.8, 4) is 0 Å². The summed E-state index contributed by atoms with van der Waals surface area (Å²) in [6.07, 6.45) is 1.86. The summed E-state index contributed by atoms with van der Waals surface area (Å²) in [5.41, 5.74) is -2.02. The lowest BCUT2D eigenvalue weighted by Gasteiger charge is -2.11. The van der Waals surface area contributed by atoms with Crippen LogP contribution in [0.3, 0.4) is 0 Å². The van der Waals surface area contributed by atoms with Crippen molar-refractivity contribution in [2.24, 2.45) is 0 Å². The molecule has 0 amide bonds. The Balaban J connectivity index is 2.16. The van der Waals surface area contributed by atoms with E-state index < -0.39 is 5.51 Å². The molecule has 1 N–H and O–H groups in total. The van der Waals surface area contributed by atoms with E-state index in [2.05, 4.69) is 5.32 Å². The van der Waals surface area contributed by atoms with E-state index in [4.69, 9.17) is 0 Å². The fourth-order valence-electron chi connectivity index (χ4n) is 2.19. The molecule has 0 aliphatic carbocycles. The Morgan fingerprint density at radius 1 is 1.25 bits per heavy atom. The number of nitrogens with zero attached hydrogens (tertiary/aromatic N) is 1. The van der Waals surface area contributed by atoms with E-state index in [1.54, 1.807) is 0 Å². The van der Waals surface area contributed by atoms with Gasteiger partial charge in [-0.3, -0.25) is 0 Å². The molecule has 0 atom stereocenters. The quantitative estimate of drug-likeness (QED) is 0.868. The zero-order valence-corrected chi connectivity index (χ0v) is 12.0. The van der Waals surface area contributed by atoms with Crippen LogP contribution < -0.4 is 5.32 Å². The number of thioether (sulfide) groups is 1. The first-order chi connectivity index (χ1) is 9.51. The summed E-state index contributed by atoms with van der Waals surface area (Å²) in [5, 5.41) is 4.32. The van der Waals surface area contributed by atoms with Crippen LogP contribution in [0, 0.1) is 0 Å². The summed E-state index contributed by atoms with van der Waals surface area (Å²) in [6, 6.07) is 7.92. The minimum atomic E-state index is -4.16. The fourth-order valence-corrected chi connectivity index (χ4v) is 2.71. The zero-order chi connectivity index (χ0) is 14.6. The number of para-hydroxylation sites is 1. The maximum atomic E-state index is 12.2. The molecule has 1 aromatic carbocycles. The van der Waals surface area contributed by atoms with Gasteiger partial charge in [0.05, 0.1) is 5.52 Å². The van der Waals surface area contributed by atoms with Crippen molar-refractivity contribution in [1.29, 1.82) is 0 Å². The summed E-state index contributed by atoms with van der Waals surface area (Å²) in [4.78, 5) is 0. The van der Waals surface area contributed by atoms with Gasteiger partial charge in [-0.25, -0.2) is 0 Å². The SMILES string of the molecule is CCNCc1cccc2ccn(CCSC(F)(F)F)c12. The van der Waals surface area contributed by atoms with Crippen molar-refractivity contribution in [2.45, 2.75) is 25.5 Å². The third-order valence-electron chi connectivity index (χ3n) is 3.04. The Bertz CT molecular complexity index is 563. The molecule has 2 aromatic rings. The Labute approximate surface area is 120 Å². The number of nitrogens with one attached hydrogen (secondary N) is 1. The highest BCUT2D eigenvalue weighted by atomic mass is 32.2. The predicted octanol–water partition coefficient (Wildman–Crippen LogP) is 4.00. The average Bonchev–Trinajstić information content (AvgIpc) is 2.79. The number of aromatic nitrogens is 1. The maximum Gasteiger partial charge on any atom is 0.441 e. The number of rotatable bonds is 6. The Kier molecular flexibility index (Phi) is 4.99. The van der Waals surface area contributed by atoms with Crippen LogP contribution in [0.5, 0.6) is 0 Å². The maximum absolute atomic E-state index is 12.2. The van der Waals surface area contributed by atoms with Gasteiger partial charge < -0.3 is 9.88 Å². The molecule has 1 heterocycles. The summed E-state index contributed by atoms with van der Waals surface area (Å²) in [7, 11) is 0. The van der Waals surface area contributed by atoms with Crippen molar-refractivity contribution in [1.82, 2.24) is 9.88 Å². The molecule has 0 bridgehead atoms. The number of aryl methyl sites for hydroxylation is 1. The molecule has 0 unspecified atom stereocenters. The van der Waals surface area contributed by atoms with Crippen LogP contribution in [0.4, 0.5) is 13.2 Å². The van der Waals surface area contributed by atoms with Crippen molar-refractivity contribution >= 4 is 22.7 Å². The monoisotopic (exact) mass is 302 g/mol. The summed E-state index contributed by atoms with van der Waals surface area (Å²) in [6.45, 7) is 3.97. The zero-order valence-electron chi connectivity index (χ0n) is 11.2. The summed E-state index contributed by atoms with van der Waals surface area (Å²) >= 11 is 0.0276. The van der Waals surface area contributed by atoms with E-state index >= 15 is 0 Å². The van der Waals surface area contributed by atoms with Crippen LogP contribution >= 0.6 is 11.8 Å². The smallest absolute Gasteiger partial charge is 0.346 e. The first-order valence-electron chi connectivity index (χ1n) is 6.49. The first-order valence-corrected chi connectivity index (χ1v) is 7.48. The standard InChI is InChI=1S/C14H17F3N2S/c1-2-18-10-12-5-3-4-11-6-7-19(13(11)12)8-9-20-14(15,16)17/h3-7,18H,2,8-10H2,1H3. The Hall–Kier alpha value is -1.14. The normalized spacial score (nSPS) is 12.2. The summed E-state index contributed by atoms with van der Waals surface area (Å²) < 4.78 is 38.5. The van der Waals surface area contributed by atoms with Crippen LogP contribution in [0.25, 0.3) is 10.9 Å². The topological polar surface area (TPSA) is 17.0 Å². The second-order valence-corrected chi connectivity index (χ2v) is 5.60. The van der Waals surface area contributed by atoms with E-state index in [0.717, 1.165) is 29.6 Å². The summed E-state index contributed by atoms with van der Waals surface area (Å²) in [5.74, 6) is 0.0306. The first kappa shape index (κ1) is 15.3. The van der Waals surface area contributed by atoms with Crippen LogP contribution in [0.1, 0.15) is 12.5 Å². The van der Waals surface area contributed by atoms with E-state index in [1.165, 1.54) is 0 Å². The van der Waals surface area contributed by atoms with Crippen molar-refractivity contribution in [3.63, 3.8) is 0 Å². The molecular weight excluding hydrogens is 285 g/mol. The van der Waals surface area contributed by atoms with Gasteiger partial charge in [0.15, 0.2) is 0 Å².